The molecule has 0 spiro atoms. The molecule has 0 aromatic heterocycles. The van der Waals surface area contributed by atoms with Crippen LogP contribution in [0.1, 0.15) is 27.0 Å². The number of hydrogen-bond donors (Lipinski definition) is 2. The third-order valence-electron chi connectivity index (χ3n) is 4.91. The summed E-state index contributed by atoms with van der Waals surface area (Å²) in [5.74, 6) is -0.174. The topological polar surface area (TPSA) is 78.5 Å². The number of sulfonamides is 1. The van der Waals surface area contributed by atoms with Crippen molar-refractivity contribution in [2.45, 2.75) is 24.9 Å². The van der Waals surface area contributed by atoms with Crippen LogP contribution in [0.4, 0.5) is 5.69 Å². The van der Waals surface area contributed by atoms with E-state index in [2.05, 4.69) is 10.6 Å². The maximum absolute atomic E-state index is 12.7. The Kier molecular flexibility index (Phi) is 7.09. The zero-order valence-corrected chi connectivity index (χ0v) is 18.7. The summed E-state index contributed by atoms with van der Waals surface area (Å²) in [7, 11) is -0.488. The first-order valence-electron chi connectivity index (χ1n) is 9.95. The van der Waals surface area contributed by atoms with Crippen LogP contribution in [0.15, 0.2) is 77.7 Å². The molecule has 0 saturated heterocycles. The number of benzene rings is 3. The summed E-state index contributed by atoms with van der Waals surface area (Å²) in [5, 5.41) is 6.21. The molecule has 6 nitrogen and oxygen atoms in total. The quantitative estimate of drug-likeness (QED) is 0.562. The fourth-order valence-electron chi connectivity index (χ4n) is 3.04. The number of para-hydroxylation sites is 1. The third kappa shape index (κ3) is 5.71. The van der Waals surface area contributed by atoms with Crippen LogP contribution in [0.5, 0.6) is 0 Å². The molecule has 3 aromatic rings. The first-order valence-corrected chi connectivity index (χ1v) is 11.4. The van der Waals surface area contributed by atoms with Gasteiger partial charge in [0.25, 0.3) is 5.91 Å². The molecule has 0 unspecified atom stereocenters. The fourth-order valence-corrected chi connectivity index (χ4v) is 4.02. The van der Waals surface area contributed by atoms with E-state index in [1.54, 1.807) is 24.3 Å². The summed E-state index contributed by atoms with van der Waals surface area (Å²) >= 11 is 0. The van der Waals surface area contributed by atoms with E-state index in [9.17, 15) is 13.2 Å². The number of hydrogen-bond acceptors (Lipinski definition) is 4. The molecule has 0 saturated carbocycles. The summed E-state index contributed by atoms with van der Waals surface area (Å²) in [6.45, 7) is 2.85. The lowest BCUT2D eigenvalue weighted by Gasteiger charge is -2.14. The second kappa shape index (κ2) is 9.76. The Bertz CT molecular complexity index is 1160. The molecule has 0 aliphatic carbocycles. The number of anilines is 1. The number of carbonyl (C=O) groups excluding carboxylic acids is 1. The van der Waals surface area contributed by atoms with E-state index in [1.807, 2.05) is 55.5 Å². The van der Waals surface area contributed by atoms with Gasteiger partial charge in [-0.25, -0.2) is 12.7 Å². The van der Waals surface area contributed by atoms with Crippen molar-refractivity contribution in [3.8, 4) is 0 Å². The highest BCUT2D eigenvalue weighted by atomic mass is 32.2. The van der Waals surface area contributed by atoms with Gasteiger partial charge in [0.15, 0.2) is 0 Å². The van der Waals surface area contributed by atoms with Gasteiger partial charge in [-0.3, -0.25) is 4.79 Å². The highest BCUT2D eigenvalue weighted by molar-refractivity contribution is 7.89. The van der Waals surface area contributed by atoms with Crippen molar-refractivity contribution >= 4 is 21.6 Å². The Morgan fingerprint density at radius 3 is 2.29 bits per heavy atom. The number of rotatable bonds is 8. The van der Waals surface area contributed by atoms with Gasteiger partial charge in [-0.1, -0.05) is 54.1 Å². The lowest BCUT2D eigenvalue weighted by molar-refractivity contribution is 0.0951. The van der Waals surface area contributed by atoms with Crippen molar-refractivity contribution in [2.75, 3.05) is 19.4 Å². The molecule has 0 bridgehead atoms. The number of nitrogens with zero attached hydrogens (tertiary/aromatic N) is 1. The predicted octanol–water partition coefficient (Wildman–Crippen LogP) is 3.79. The van der Waals surface area contributed by atoms with E-state index in [0.717, 1.165) is 11.1 Å². The Balaban J connectivity index is 1.70. The number of nitrogens with one attached hydrogen (secondary N) is 2. The SMILES string of the molecule is Cc1ccc(CNC(=O)c2ccccc2NCc2cccc(S(=O)(=O)N(C)C)c2)cc1. The molecule has 3 aromatic carbocycles. The first kappa shape index (κ1) is 22.5. The van der Waals surface area contributed by atoms with E-state index in [4.69, 9.17) is 0 Å². The second-order valence-corrected chi connectivity index (χ2v) is 9.65. The van der Waals surface area contributed by atoms with Gasteiger partial charge in [0.05, 0.1) is 10.5 Å². The van der Waals surface area contributed by atoms with Crippen LogP contribution < -0.4 is 10.6 Å². The summed E-state index contributed by atoms with van der Waals surface area (Å²) < 4.78 is 25.9. The number of carbonyl (C=O) groups is 1. The lowest BCUT2D eigenvalue weighted by Crippen LogP contribution is -2.24. The summed E-state index contributed by atoms with van der Waals surface area (Å²) in [6.07, 6.45) is 0. The second-order valence-electron chi connectivity index (χ2n) is 7.50. The summed E-state index contributed by atoms with van der Waals surface area (Å²) in [6, 6.07) is 22.1. The van der Waals surface area contributed by atoms with Gasteiger partial charge in [-0.15, -0.1) is 0 Å². The van der Waals surface area contributed by atoms with Gasteiger partial charge in [0.2, 0.25) is 10.0 Å². The monoisotopic (exact) mass is 437 g/mol. The van der Waals surface area contributed by atoms with E-state index in [0.29, 0.717) is 24.3 Å². The Hall–Kier alpha value is -3.16. The van der Waals surface area contributed by atoms with Gasteiger partial charge < -0.3 is 10.6 Å². The van der Waals surface area contributed by atoms with Crippen LogP contribution in [-0.2, 0) is 23.1 Å². The van der Waals surface area contributed by atoms with Gasteiger partial charge >= 0.3 is 0 Å². The first-order chi connectivity index (χ1) is 14.8. The van der Waals surface area contributed by atoms with Crippen molar-refractivity contribution in [3.05, 3.63) is 95.1 Å². The molecular weight excluding hydrogens is 410 g/mol. The predicted molar refractivity (Wildman–Crippen MR) is 123 cm³/mol. The normalized spacial score (nSPS) is 11.4. The molecule has 2 N–H and O–H groups in total. The maximum atomic E-state index is 12.7. The van der Waals surface area contributed by atoms with Gasteiger partial charge in [0, 0.05) is 32.9 Å². The Morgan fingerprint density at radius 1 is 0.871 bits per heavy atom. The van der Waals surface area contributed by atoms with Gasteiger partial charge in [-0.05, 0) is 42.3 Å². The Morgan fingerprint density at radius 2 is 1.58 bits per heavy atom. The van der Waals surface area contributed by atoms with E-state index in [-0.39, 0.29) is 10.8 Å². The molecule has 31 heavy (non-hydrogen) atoms. The number of aryl methyl sites for hydroxylation is 1. The van der Waals surface area contributed by atoms with Crippen molar-refractivity contribution in [2.24, 2.45) is 0 Å². The molecule has 0 fully saturated rings. The minimum atomic E-state index is -3.50. The molecule has 1 amide bonds. The molecule has 0 radical (unpaired) electrons. The highest BCUT2D eigenvalue weighted by Crippen LogP contribution is 2.19. The molecular formula is C24H27N3O3S. The van der Waals surface area contributed by atoms with Crippen LogP contribution >= 0.6 is 0 Å². The van der Waals surface area contributed by atoms with Crippen LogP contribution in [0.25, 0.3) is 0 Å². The molecule has 0 heterocycles. The van der Waals surface area contributed by atoms with Crippen molar-refractivity contribution in [3.63, 3.8) is 0 Å². The minimum absolute atomic E-state index is 0.174. The standard InChI is InChI=1S/C24H27N3O3S/c1-18-11-13-19(14-12-18)16-26-24(28)22-9-4-5-10-23(22)25-17-20-7-6-8-21(15-20)31(29,30)27(2)3/h4-15,25H,16-17H2,1-3H3,(H,26,28). The summed E-state index contributed by atoms with van der Waals surface area (Å²) in [5.41, 5.74) is 4.23. The maximum Gasteiger partial charge on any atom is 0.253 e. The zero-order chi connectivity index (χ0) is 22.4. The Labute approximate surface area is 184 Å². The van der Waals surface area contributed by atoms with Crippen molar-refractivity contribution in [1.82, 2.24) is 9.62 Å². The van der Waals surface area contributed by atoms with Crippen LogP contribution in [0.2, 0.25) is 0 Å². The minimum Gasteiger partial charge on any atom is -0.380 e. The van der Waals surface area contributed by atoms with Crippen molar-refractivity contribution in [1.29, 1.82) is 0 Å². The zero-order valence-electron chi connectivity index (χ0n) is 17.9. The average molecular weight is 438 g/mol. The highest BCUT2D eigenvalue weighted by Gasteiger charge is 2.17. The van der Waals surface area contributed by atoms with Crippen LogP contribution in [-0.4, -0.2) is 32.7 Å². The lowest BCUT2D eigenvalue weighted by atomic mass is 10.1. The average Bonchev–Trinajstić information content (AvgIpc) is 2.77. The largest absolute Gasteiger partial charge is 0.380 e. The van der Waals surface area contributed by atoms with E-state index in [1.165, 1.54) is 24.0 Å². The van der Waals surface area contributed by atoms with Gasteiger partial charge in [0.1, 0.15) is 0 Å². The molecule has 7 heteroatoms. The molecule has 0 aliphatic rings. The van der Waals surface area contributed by atoms with E-state index >= 15 is 0 Å². The number of amides is 1. The third-order valence-corrected chi connectivity index (χ3v) is 6.72. The van der Waals surface area contributed by atoms with E-state index < -0.39 is 10.0 Å². The summed E-state index contributed by atoms with van der Waals surface area (Å²) in [4.78, 5) is 13.0. The smallest absolute Gasteiger partial charge is 0.253 e. The van der Waals surface area contributed by atoms with Gasteiger partial charge in [-0.2, -0.15) is 0 Å². The van der Waals surface area contributed by atoms with Crippen LogP contribution in [0.3, 0.4) is 0 Å². The van der Waals surface area contributed by atoms with Crippen LogP contribution in [0, 0.1) is 6.92 Å². The molecule has 0 aliphatic heterocycles. The molecule has 3 rings (SSSR count). The van der Waals surface area contributed by atoms with Crippen molar-refractivity contribution < 1.29 is 13.2 Å². The molecule has 162 valence electrons. The molecule has 0 atom stereocenters. The fraction of sp³-hybridized carbons (Fsp3) is 0.208.